The van der Waals surface area contributed by atoms with Gasteiger partial charge in [0, 0.05) is 23.1 Å². The number of para-hydroxylation sites is 2. The molecule has 9 nitrogen and oxygen atoms in total. The lowest BCUT2D eigenvalue weighted by Gasteiger charge is -2.37. The largest absolute Gasteiger partial charge is 0.497 e. The molecular formula is C42H36N4O5. The summed E-state index contributed by atoms with van der Waals surface area (Å²) < 4.78 is 11.5. The van der Waals surface area contributed by atoms with Gasteiger partial charge in [-0.05, 0) is 96.8 Å². The SMILES string of the molecule is COc1ccc(C(=NCCc2c(C)[nH]c3ccc(OCc4ccccc4)cc23)C2C(=O)N(c3ccccc3)C(=O)N(c3ccccc3)C2=O)cc1. The zero-order chi connectivity index (χ0) is 35.3. The number of nitrogens with one attached hydrogen (secondary N) is 1. The fourth-order valence-corrected chi connectivity index (χ4v) is 6.43. The van der Waals surface area contributed by atoms with Crippen molar-refractivity contribution in [1.29, 1.82) is 0 Å². The number of ether oxygens (including phenoxy) is 2. The van der Waals surface area contributed by atoms with Crippen LogP contribution in [0.1, 0.15) is 22.4 Å². The number of aliphatic imine (C=N–C) groups is 1. The second kappa shape index (κ2) is 14.6. The maximum Gasteiger partial charge on any atom is 0.342 e. The molecule has 1 aliphatic heterocycles. The molecule has 6 aromatic rings. The maximum absolute atomic E-state index is 14.4. The number of carbonyl (C=O) groups is 3. The van der Waals surface area contributed by atoms with Crippen molar-refractivity contribution in [2.45, 2.75) is 20.0 Å². The van der Waals surface area contributed by atoms with Crippen LogP contribution in [0.3, 0.4) is 0 Å². The highest BCUT2D eigenvalue weighted by Crippen LogP contribution is 2.32. The van der Waals surface area contributed by atoms with E-state index < -0.39 is 23.8 Å². The van der Waals surface area contributed by atoms with Crippen LogP contribution in [0.2, 0.25) is 0 Å². The summed E-state index contributed by atoms with van der Waals surface area (Å²) in [7, 11) is 1.57. The predicted octanol–water partition coefficient (Wildman–Crippen LogP) is 7.91. The summed E-state index contributed by atoms with van der Waals surface area (Å²) in [6.45, 7) is 2.74. The number of aryl methyl sites for hydroxylation is 1. The first kappa shape index (κ1) is 33.0. The monoisotopic (exact) mass is 676 g/mol. The number of imide groups is 2. The molecule has 4 amide bonds. The van der Waals surface area contributed by atoms with Crippen LogP contribution in [-0.4, -0.2) is 42.2 Å². The number of rotatable bonds is 11. The number of aromatic nitrogens is 1. The summed E-state index contributed by atoms with van der Waals surface area (Å²) in [4.78, 5) is 53.4. The summed E-state index contributed by atoms with van der Waals surface area (Å²) in [6.07, 6.45) is 0.520. The van der Waals surface area contributed by atoms with Crippen LogP contribution in [0.5, 0.6) is 11.5 Å². The molecule has 5 aromatic carbocycles. The molecule has 7 rings (SSSR count). The van der Waals surface area contributed by atoms with Gasteiger partial charge in [-0.1, -0.05) is 66.7 Å². The van der Waals surface area contributed by atoms with Crippen molar-refractivity contribution < 1.29 is 23.9 Å². The van der Waals surface area contributed by atoms with E-state index in [1.165, 1.54) is 0 Å². The number of hydrogen-bond acceptors (Lipinski definition) is 6. The molecule has 0 saturated carbocycles. The second-order valence-corrected chi connectivity index (χ2v) is 12.2. The first-order chi connectivity index (χ1) is 24.9. The van der Waals surface area contributed by atoms with Crippen LogP contribution in [-0.2, 0) is 22.6 Å². The van der Waals surface area contributed by atoms with Crippen molar-refractivity contribution in [3.05, 3.63) is 156 Å². The van der Waals surface area contributed by atoms with Crippen molar-refractivity contribution in [2.75, 3.05) is 23.5 Å². The van der Waals surface area contributed by atoms with Gasteiger partial charge in [0.1, 0.15) is 18.1 Å². The van der Waals surface area contributed by atoms with Crippen LogP contribution >= 0.6 is 0 Å². The summed E-state index contributed by atoms with van der Waals surface area (Å²) in [6, 6.07) is 39.6. The number of carbonyl (C=O) groups excluding carboxylic acids is 3. The van der Waals surface area contributed by atoms with E-state index >= 15 is 0 Å². The molecule has 51 heavy (non-hydrogen) atoms. The molecular weight excluding hydrogens is 640 g/mol. The second-order valence-electron chi connectivity index (χ2n) is 12.2. The first-order valence-electron chi connectivity index (χ1n) is 16.7. The molecule has 1 fully saturated rings. The van der Waals surface area contributed by atoms with Crippen LogP contribution in [0.15, 0.2) is 138 Å². The van der Waals surface area contributed by atoms with Crippen LogP contribution in [0.25, 0.3) is 10.9 Å². The number of aromatic amines is 1. The van der Waals surface area contributed by atoms with Gasteiger partial charge in [0.25, 0.3) is 11.8 Å². The van der Waals surface area contributed by atoms with Gasteiger partial charge in [0.05, 0.1) is 24.2 Å². The van der Waals surface area contributed by atoms with E-state index in [0.29, 0.717) is 35.7 Å². The molecule has 0 unspecified atom stereocenters. The van der Waals surface area contributed by atoms with Crippen LogP contribution in [0, 0.1) is 12.8 Å². The van der Waals surface area contributed by atoms with E-state index in [2.05, 4.69) is 4.98 Å². The number of anilines is 2. The molecule has 1 aliphatic rings. The number of barbiturate groups is 1. The maximum atomic E-state index is 14.4. The van der Waals surface area contributed by atoms with Crippen molar-refractivity contribution in [3.63, 3.8) is 0 Å². The fraction of sp³-hybridized carbons (Fsp3) is 0.143. The normalized spacial score (nSPS) is 14.0. The van der Waals surface area contributed by atoms with Gasteiger partial charge in [-0.3, -0.25) is 14.6 Å². The minimum atomic E-state index is -1.39. The van der Waals surface area contributed by atoms with Gasteiger partial charge in [0.2, 0.25) is 0 Å². The van der Waals surface area contributed by atoms with Gasteiger partial charge in [-0.25, -0.2) is 14.6 Å². The van der Waals surface area contributed by atoms with Gasteiger partial charge in [-0.15, -0.1) is 0 Å². The van der Waals surface area contributed by atoms with Crippen molar-refractivity contribution in [3.8, 4) is 11.5 Å². The van der Waals surface area contributed by atoms with Crippen LogP contribution in [0.4, 0.5) is 16.2 Å². The lowest BCUT2D eigenvalue weighted by molar-refractivity contribution is -0.129. The molecule has 0 aliphatic carbocycles. The minimum Gasteiger partial charge on any atom is -0.497 e. The van der Waals surface area contributed by atoms with Gasteiger partial charge < -0.3 is 14.5 Å². The van der Waals surface area contributed by atoms with Crippen molar-refractivity contribution in [2.24, 2.45) is 10.9 Å². The molecule has 0 bridgehead atoms. The van der Waals surface area contributed by atoms with E-state index in [1.807, 2.05) is 55.5 Å². The highest BCUT2D eigenvalue weighted by Gasteiger charge is 2.49. The molecule has 0 spiro atoms. The summed E-state index contributed by atoms with van der Waals surface area (Å²) in [5.41, 5.74) is 5.67. The zero-order valence-electron chi connectivity index (χ0n) is 28.3. The third-order valence-electron chi connectivity index (χ3n) is 8.99. The van der Waals surface area contributed by atoms with E-state index in [4.69, 9.17) is 14.5 Å². The van der Waals surface area contributed by atoms with Crippen molar-refractivity contribution in [1.82, 2.24) is 4.98 Å². The Morgan fingerprint density at radius 1 is 0.725 bits per heavy atom. The number of amides is 4. The molecule has 9 heteroatoms. The summed E-state index contributed by atoms with van der Waals surface area (Å²) in [5, 5.41) is 1.01. The van der Waals surface area contributed by atoms with E-state index in [0.717, 1.165) is 43.3 Å². The Labute approximate surface area is 295 Å². The minimum absolute atomic E-state index is 0.270. The smallest absolute Gasteiger partial charge is 0.342 e. The van der Waals surface area contributed by atoms with Gasteiger partial charge in [0.15, 0.2) is 5.92 Å². The van der Waals surface area contributed by atoms with Gasteiger partial charge in [-0.2, -0.15) is 0 Å². The molecule has 2 heterocycles. The highest BCUT2D eigenvalue weighted by atomic mass is 16.5. The lowest BCUT2D eigenvalue weighted by atomic mass is 9.91. The molecule has 1 aromatic heterocycles. The fourth-order valence-electron chi connectivity index (χ4n) is 6.43. The Hall–Kier alpha value is -6.48. The Morgan fingerprint density at radius 3 is 1.88 bits per heavy atom. The van der Waals surface area contributed by atoms with Gasteiger partial charge >= 0.3 is 6.03 Å². The van der Waals surface area contributed by atoms with Crippen LogP contribution < -0.4 is 19.3 Å². The highest BCUT2D eigenvalue weighted by molar-refractivity contribution is 6.43. The average molecular weight is 677 g/mol. The molecule has 0 atom stereocenters. The molecule has 254 valence electrons. The van der Waals surface area contributed by atoms with E-state index in [-0.39, 0.29) is 12.3 Å². The Morgan fingerprint density at radius 2 is 1.29 bits per heavy atom. The quantitative estimate of drug-likeness (QED) is 0.111. The molecule has 1 N–H and O–H groups in total. The number of hydrogen-bond donors (Lipinski definition) is 1. The molecule has 1 saturated heterocycles. The van der Waals surface area contributed by atoms with E-state index in [1.54, 1.807) is 92.0 Å². The lowest BCUT2D eigenvalue weighted by Crippen LogP contribution is -2.62. The van der Waals surface area contributed by atoms with E-state index in [9.17, 15) is 14.4 Å². The zero-order valence-corrected chi connectivity index (χ0v) is 28.3. The topological polar surface area (TPSA) is 104 Å². The standard InChI is InChI=1S/C42H36N4O5/c1-28-35(36-26-34(22-23-37(36)44-28)51-27-29-12-6-3-7-13-29)24-25-43-39(30-18-20-33(50-2)21-19-30)38-40(47)45(31-14-8-4-9-15-31)42(49)46(41(38)48)32-16-10-5-11-17-32/h3-23,26,38,44H,24-25,27H2,1-2H3. The first-order valence-corrected chi connectivity index (χ1v) is 16.7. The number of methoxy groups -OCH3 is 1. The Bertz CT molecular complexity index is 2150. The number of urea groups is 1. The Kier molecular flexibility index (Phi) is 9.43. The Balaban J connectivity index is 1.26. The average Bonchev–Trinajstić information content (AvgIpc) is 3.48. The number of fused-ring (bicyclic) bond motifs is 1. The van der Waals surface area contributed by atoms with Crippen molar-refractivity contribution >= 4 is 45.8 Å². The molecule has 0 radical (unpaired) electrons. The number of nitrogens with zero attached hydrogens (tertiary/aromatic N) is 3. The predicted molar refractivity (Wildman–Crippen MR) is 199 cm³/mol. The number of H-pyrrole nitrogens is 1. The summed E-state index contributed by atoms with van der Waals surface area (Å²) >= 11 is 0. The third kappa shape index (κ3) is 6.74. The third-order valence-corrected chi connectivity index (χ3v) is 8.99. The summed E-state index contributed by atoms with van der Waals surface area (Å²) in [5.74, 6) is -1.35. The number of benzene rings is 5.